The fourth-order valence-corrected chi connectivity index (χ4v) is 5.08. The fraction of sp³-hybridized carbons (Fsp3) is 0.438. The van der Waals surface area contributed by atoms with E-state index in [-0.39, 0.29) is 26.7 Å². The van der Waals surface area contributed by atoms with Crippen LogP contribution in [0.1, 0.15) is 43.8 Å². The van der Waals surface area contributed by atoms with E-state index < -0.39 is 9.84 Å². The highest BCUT2D eigenvalue weighted by Crippen LogP contribution is 2.36. The predicted octanol–water partition coefficient (Wildman–Crippen LogP) is 3.35. The van der Waals surface area contributed by atoms with Crippen molar-refractivity contribution in [2.75, 3.05) is 11.5 Å². The van der Waals surface area contributed by atoms with Gasteiger partial charge in [0, 0.05) is 0 Å². The molecule has 0 amide bonds. The highest BCUT2D eigenvalue weighted by atomic mass is 35.5. The van der Waals surface area contributed by atoms with Crippen LogP contribution in [-0.4, -0.2) is 18.2 Å². The molecule has 0 radical (unpaired) electrons. The lowest BCUT2D eigenvalue weighted by molar-refractivity contribution is 0.332. The predicted molar refractivity (Wildman–Crippen MR) is 94.8 cm³/mol. The third kappa shape index (κ3) is 2.86. The van der Waals surface area contributed by atoms with Crippen molar-refractivity contribution in [2.24, 2.45) is 0 Å². The summed E-state index contributed by atoms with van der Waals surface area (Å²) in [6, 6.07) is 4.43. The molecule has 0 saturated heterocycles. The monoisotopic (exact) mass is 368 g/mol. The lowest BCUT2D eigenvalue weighted by Gasteiger charge is -2.23. The van der Waals surface area contributed by atoms with Gasteiger partial charge in [0.25, 0.3) is 0 Å². The largest absolute Gasteiger partial charge is 0.398 e. The van der Waals surface area contributed by atoms with Gasteiger partial charge in [-0.15, -0.1) is 0 Å². The molecule has 1 saturated carbocycles. The number of aromatic nitrogens is 2. The summed E-state index contributed by atoms with van der Waals surface area (Å²) in [6.45, 7) is 1.67. The summed E-state index contributed by atoms with van der Waals surface area (Å²) >= 11 is 5.97. The second-order valence-electron chi connectivity index (χ2n) is 6.22. The van der Waals surface area contributed by atoms with Gasteiger partial charge in [-0.05, 0) is 38.0 Å². The molecule has 1 aromatic carbocycles. The van der Waals surface area contributed by atoms with E-state index in [1.54, 1.807) is 11.6 Å². The number of rotatable bonds is 3. The highest BCUT2D eigenvalue weighted by Gasteiger charge is 2.30. The van der Waals surface area contributed by atoms with Gasteiger partial charge in [0.15, 0.2) is 0 Å². The maximum atomic E-state index is 13.0. The molecular weight excluding hydrogens is 348 g/mol. The third-order valence-corrected chi connectivity index (χ3v) is 6.78. The minimum atomic E-state index is -3.81. The van der Waals surface area contributed by atoms with Gasteiger partial charge in [0.05, 0.1) is 27.3 Å². The summed E-state index contributed by atoms with van der Waals surface area (Å²) in [5, 5.41) is 4.62. The van der Waals surface area contributed by atoms with Crippen LogP contribution in [0.2, 0.25) is 5.02 Å². The zero-order valence-corrected chi connectivity index (χ0v) is 15.1. The standard InChI is InChI=1S/C16H21ClN4O2S/c1-10-15(16(19)21(20-10)11-5-3-2-4-6-11)24(22,23)12-7-8-14(18)13(17)9-12/h7-9,11H,2-6,18-19H2,1H3. The smallest absolute Gasteiger partial charge is 0.212 e. The van der Waals surface area contributed by atoms with Crippen molar-refractivity contribution in [1.29, 1.82) is 0 Å². The van der Waals surface area contributed by atoms with Gasteiger partial charge in [-0.3, -0.25) is 0 Å². The van der Waals surface area contributed by atoms with Gasteiger partial charge in [-0.25, -0.2) is 13.1 Å². The number of hydrogen-bond acceptors (Lipinski definition) is 5. The summed E-state index contributed by atoms with van der Waals surface area (Å²) in [5.74, 6) is 0.201. The molecule has 3 rings (SSSR count). The van der Waals surface area contributed by atoms with Crippen molar-refractivity contribution in [1.82, 2.24) is 9.78 Å². The number of sulfone groups is 1. The Kier molecular flexibility index (Phi) is 4.48. The molecule has 6 nitrogen and oxygen atoms in total. The number of anilines is 2. The maximum absolute atomic E-state index is 13.0. The molecule has 0 atom stereocenters. The molecule has 0 spiro atoms. The Morgan fingerprint density at radius 3 is 2.50 bits per heavy atom. The second-order valence-corrected chi connectivity index (χ2v) is 8.52. The Bertz CT molecular complexity index is 870. The zero-order chi connectivity index (χ0) is 17.5. The molecule has 0 aliphatic heterocycles. The van der Waals surface area contributed by atoms with E-state index in [9.17, 15) is 8.42 Å². The van der Waals surface area contributed by atoms with Crippen molar-refractivity contribution in [3.8, 4) is 0 Å². The summed E-state index contributed by atoms with van der Waals surface area (Å²) in [4.78, 5) is 0.133. The maximum Gasteiger partial charge on any atom is 0.212 e. The molecule has 130 valence electrons. The van der Waals surface area contributed by atoms with E-state index in [1.807, 2.05) is 0 Å². The molecule has 0 bridgehead atoms. The van der Waals surface area contributed by atoms with Crippen molar-refractivity contribution in [3.05, 3.63) is 28.9 Å². The van der Waals surface area contributed by atoms with Gasteiger partial charge in [-0.2, -0.15) is 5.10 Å². The Balaban J connectivity index is 2.08. The number of benzene rings is 1. The van der Waals surface area contributed by atoms with Crippen LogP contribution in [0, 0.1) is 6.92 Å². The van der Waals surface area contributed by atoms with E-state index in [4.69, 9.17) is 23.1 Å². The molecule has 8 heteroatoms. The molecule has 1 fully saturated rings. The average Bonchev–Trinajstić information content (AvgIpc) is 2.86. The van der Waals surface area contributed by atoms with Gasteiger partial charge in [0.1, 0.15) is 10.7 Å². The number of hydrogen-bond donors (Lipinski definition) is 2. The van der Waals surface area contributed by atoms with Crippen LogP contribution in [0.25, 0.3) is 0 Å². The fourth-order valence-electron chi connectivity index (χ4n) is 3.28. The lowest BCUT2D eigenvalue weighted by atomic mass is 9.96. The van der Waals surface area contributed by atoms with Crippen molar-refractivity contribution in [3.63, 3.8) is 0 Å². The quantitative estimate of drug-likeness (QED) is 0.808. The van der Waals surface area contributed by atoms with Gasteiger partial charge < -0.3 is 11.5 Å². The molecule has 2 aromatic rings. The SMILES string of the molecule is Cc1nn(C2CCCCC2)c(N)c1S(=O)(=O)c1ccc(N)c(Cl)c1. The normalized spacial score (nSPS) is 16.4. The van der Waals surface area contributed by atoms with Crippen molar-refractivity contribution in [2.45, 2.75) is 54.9 Å². The first-order valence-electron chi connectivity index (χ1n) is 7.97. The molecule has 1 heterocycles. The first-order chi connectivity index (χ1) is 11.3. The van der Waals surface area contributed by atoms with Crippen LogP contribution < -0.4 is 11.5 Å². The molecule has 1 aliphatic rings. The number of nitrogens with zero attached hydrogens (tertiary/aromatic N) is 2. The molecule has 24 heavy (non-hydrogen) atoms. The van der Waals surface area contributed by atoms with Gasteiger partial charge in [-0.1, -0.05) is 30.9 Å². The Morgan fingerprint density at radius 1 is 1.21 bits per heavy atom. The molecule has 0 unspecified atom stereocenters. The average molecular weight is 369 g/mol. The Morgan fingerprint density at radius 2 is 1.88 bits per heavy atom. The van der Waals surface area contributed by atoms with E-state index in [2.05, 4.69) is 5.10 Å². The van der Waals surface area contributed by atoms with E-state index >= 15 is 0 Å². The first-order valence-corrected chi connectivity index (χ1v) is 9.83. The minimum Gasteiger partial charge on any atom is -0.398 e. The van der Waals surface area contributed by atoms with Gasteiger partial charge >= 0.3 is 0 Å². The van der Waals surface area contributed by atoms with E-state index in [0.29, 0.717) is 11.4 Å². The van der Waals surface area contributed by atoms with Gasteiger partial charge in [0.2, 0.25) is 9.84 Å². The Hall–Kier alpha value is -1.73. The number of halogens is 1. The van der Waals surface area contributed by atoms with Crippen LogP contribution in [0.15, 0.2) is 28.0 Å². The van der Waals surface area contributed by atoms with E-state index in [1.165, 1.54) is 24.6 Å². The Labute approximate surface area is 146 Å². The summed E-state index contributed by atoms with van der Waals surface area (Å²) in [7, 11) is -3.81. The third-order valence-electron chi connectivity index (χ3n) is 4.54. The summed E-state index contributed by atoms with van der Waals surface area (Å²) in [5.41, 5.74) is 12.6. The molecular formula is C16H21ClN4O2S. The molecule has 1 aromatic heterocycles. The van der Waals surface area contributed by atoms with Crippen LogP contribution in [-0.2, 0) is 9.84 Å². The number of nitrogen functional groups attached to an aromatic ring is 2. The summed E-state index contributed by atoms with van der Waals surface area (Å²) < 4.78 is 27.7. The second kappa shape index (κ2) is 6.29. The summed E-state index contributed by atoms with van der Waals surface area (Å²) in [6.07, 6.45) is 5.36. The topological polar surface area (TPSA) is 104 Å². The number of nitrogens with two attached hydrogens (primary N) is 2. The lowest BCUT2D eigenvalue weighted by Crippen LogP contribution is -2.17. The molecule has 4 N–H and O–H groups in total. The first kappa shape index (κ1) is 17.1. The highest BCUT2D eigenvalue weighted by molar-refractivity contribution is 7.91. The van der Waals surface area contributed by atoms with E-state index in [0.717, 1.165) is 25.7 Å². The van der Waals surface area contributed by atoms with Crippen LogP contribution in [0.4, 0.5) is 11.5 Å². The molecule has 1 aliphatic carbocycles. The zero-order valence-electron chi connectivity index (χ0n) is 13.5. The minimum absolute atomic E-state index is 0.0638. The van der Waals surface area contributed by atoms with Crippen molar-refractivity contribution >= 4 is 32.9 Å². The van der Waals surface area contributed by atoms with Crippen LogP contribution >= 0.6 is 11.6 Å². The van der Waals surface area contributed by atoms with Crippen molar-refractivity contribution < 1.29 is 8.42 Å². The van der Waals surface area contributed by atoms with Crippen LogP contribution in [0.3, 0.4) is 0 Å². The number of aryl methyl sites for hydroxylation is 1. The van der Waals surface area contributed by atoms with Crippen LogP contribution in [0.5, 0.6) is 0 Å².